The first-order chi connectivity index (χ1) is 15.1. The quantitative estimate of drug-likeness (QED) is 0.701. The molecule has 3 fully saturated rings. The van der Waals surface area contributed by atoms with E-state index in [1.54, 1.807) is 0 Å². The van der Waals surface area contributed by atoms with Crippen molar-refractivity contribution in [3.05, 3.63) is 35.6 Å². The van der Waals surface area contributed by atoms with Crippen molar-refractivity contribution >= 4 is 11.9 Å². The molecule has 1 unspecified atom stereocenters. The largest absolute Gasteiger partial charge is 0.490 e. The average Bonchev–Trinajstić information content (AvgIpc) is 3.39. The molecule has 3 heterocycles. The van der Waals surface area contributed by atoms with Gasteiger partial charge in [0.25, 0.3) is 0 Å². The van der Waals surface area contributed by atoms with Gasteiger partial charge in [0.15, 0.2) is 0 Å². The van der Waals surface area contributed by atoms with Gasteiger partial charge in [-0.05, 0) is 43.4 Å². The number of carbonyl (C=O) groups excluding carboxylic acids is 1. The molecule has 10 heteroatoms. The summed E-state index contributed by atoms with van der Waals surface area (Å²) in [6, 6.07) is 6.73. The summed E-state index contributed by atoms with van der Waals surface area (Å²) in [5.74, 6) is -2.53. The van der Waals surface area contributed by atoms with Gasteiger partial charge in [0, 0.05) is 51.4 Å². The van der Waals surface area contributed by atoms with E-state index >= 15 is 0 Å². The van der Waals surface area contributed by atoms with Gasteiger partial charge in [-0.15, -0.1) is 0 Å². The van der Waals surface area contributed by atoms with E-state index < -0.39 is 12.1 Å². The SMILES string of the molecule is O=C(C1CN(Cc2ccc(F)cc2)CC12CCOCC2)N1CCCC1.O=C(O)C(F)(F)F. The topological polar surface area (TPSA) is 70.1 Å². The lowest BCUT2D eigenvalue weighted by Gasteiger charge is -2.38. The Bertz CT molecular complexity index is 788. The second kappa shape index (κ2) is 10.2. The zero-order valence-electron chi connectivity index (χ0n) is 17.7. The standard InChI is InChI=1S/C20H27FN2O2.C2HF3O2/c21-17-5-3-16(4-6-17)13-22-14-18(19(24)23-9-1-2-10-23)20(15-22)7-11-25-12-8-20;3-2(4,5)1(6)7/h3-6,18H,1-2,7-15H2;(H,6,7). The van der Waals surface area contributed by atoms with Crippen LogP contribution in [0.2, 0.25) is 0 Å². The average molecular weight is 460 g/mol. The number of halogens is 4. The van der Waals surface area contributed by atoms with Crippen LogP contribution >= 0.6 is 0 Å². The molecule has 0 aliphatic carbocycles. The summed E-state index contributed by atoms with van der Waals surface area (Å²) in [6.45, 7) is 5.89. The van der Waals surface area contributed by atoms with Crippen molar-refractivity contribution in [3.63, 3.8) is 0 Å². The molecule has 1 atom stereocenters. The molecule has 1 amide bonds. The van der Waals surface area contributed by atoms with Crippen molar-refractivity contribution < 1.29 is 37.0 Å². The second-order valence-corrected chi connectivity index (χ2v) is 8.66. The molecule has 6 nitrogen and oxygen atoms in total. The molecule has 0 radical (unpaired) electrons. The van der Waals surface area contributed by atoms with Crippen molar-refractivity contribution in [3.8, 4) is 0 Å². The van der Waals surface area contributed by atoms with Gasteiger partial charge in [0.1, 0.15) is 5.82 Å². The third kappa shape index (κ3) is 5.98. The fraction of sp³-hybridized carbons (Fsp3) is 0.636. The van der Waals surface area contributed by atoms with Crippen LogP contribution in [0.4, 0.5) is 17.6 Å². The number of hydrogen-bond acceptors (Lipinski definition) is 4. The Labute approximate surface area is 184 Å². The second-order valence-electron chi connectivity index (χ2n) is 8.66. The van der Waals surface area contributed by atoms with Gasteiger partial charge in [-0.3, -0.25) is 9.69 Å². The number of aliphatic carboxylic acids is 1. The van der Waals surface area contributed by atoms with Crippen LogP contribution in [-0.2, 0) is 20.9 Å². The Morgan fingerprint density at radius 2 is 1.66 bits per heavy atom. The Kier molecular flexibility index (Phi) is 7.76. The van der Waals surface area contributed by atoms with Gasteiger partial charge in [-0.25, -0.2) is 9.18 Å². The molecular weight excluding hydrogens is 432 g/mol. The van der Waals surface area contributed by atoms with E-state index in [0.717, 1.165) is 77.2 Å². The van der Waals surface area contributed by atoms with Crippen molar-refractivity contribution in [2.24, 2.45) is 11.3 Å². The van der Waals surface area contributed by atoms with E-state index in [9.17, 15) is 22.4 Å². The van der Waals surface area contributed by atoms with E-state index in [1.165, 1.54) is 12.1 Å². The number of nitrogens with zero attached hydrogens (tertiary/aromatic N) is 2. The van der Waals surface area contributed by atoms with Gasteiger partial charge >= 0.3 is 12.1 Å². The van der Waals surface area contributed by atoms with Gasteiger partial charge in [0.05, 0.1) is 5.92 Å². The van der Waals surface area contributed by atoms with Crippen LogP contribution in [0.5, 0.6) is 0 Å². The Morgan fingerprint density at radius 1 is 1.09 bits per heavy atom. The Balaban J connectivity index is 0.000000360. The number of alkyl halides is 3. The number of amides is 1. The molecule has 4 rings (SSSR count). The smallest absolute Gasteiger partial charge is 0.475 e. The molecule has 1 aromatic carbocycles. The maximum absolute atomic E-state index is 13.2. The lowest BCUT2D eigenvalue weighted by molar-refractivity contribution is -0.192. The fourth-order valence-electron chi connectivity index (χ4n) is 4.82. The predicted octanol–water partition coefficient (Wildman–Crippen LogP) is 3.31. The highest BCUT2D eigenvalue weighted by Crippen LogP contribution is 2.45. The van der Waals surface area contributed by atoms with E-state index in [4.69, 9.17) is 14.6 Å². The van der Waals surface area contributed by atoms with Crippen molar-refractivity contribution in [2.45, 2.75) is 38.4 Å². The zero-order valence-corrected chi connectivity index (χ0v) is 17.7. The summed E-state index contributed by atoms with van der Waals surface area (Å²) in [4.78, 5) is 26.5. The molecule has 0 bridgehead atoms. The van der Waals surface area contributed by atoms with Crippen LogP contribution in [0, 0.1) is 17.2 Å². The Morgan fingerprint density at radius 3 is 2.19 bits per heavy atom. The third-order valence-corrected chi connectivity index (χ3v) is 6.48. The van der Waals surface area contributed by atoms with Crippen molar-refractivity contribution in [2.75, 3.05) is 39.4 Å². The van der Waals surface area contributed by atoms with Gasteiger partial charge in [-0.2, -0.15) is 13.2 Å². The van der Waals surface area contributed by atoms with Gasteiger partial charge in [0.2, 0.25) is 5.91 Å². The molecule has 1 spiro atoms. The number of benzene rings is 1. The molecule has 178 valence electrons. The molecule has 3 aliphatic heterocycles. The highest BCUT2D eigenvalue weighted by atomic mass is 19.4. The molecule has 32 heavy (non-hydrogen) atoms. The molecule has 0 aromatic heterocycles. The van der Waals surface area contributed by atoms with Gasteiger partial charge < -0.3 is 14.7 Å². The lowest BCUT2D eigenvalue weighted by atomic mass is 9.71. The first-order valence-corrected chi connectivity index (χ1v) is 10.7. The third-order valence-electron chi connectivity index (χ3n) is 6.48. The van der Waals surface area contributed by atoms with Crippen LogP contribution in [0.25, 0.3) is 0 Å². The molecule has 3 aliphatic rings. The van der Waals surface area contributed by atoms with E-state index in [1.807, 2.05) is 12.1 Å². The monoisotopic (exact) mass is 460 g/mol. The summed E-state index contributed by atoms with van der Waals surface area (Å²) < 4.78 is 50.5. The summed E-state index contributed by atoms with van der Waals surface area (Å²) in [7, 11) is 0. The first kappa shape index (κ1) is 24.4. The maximum Gasteiger partial charge on any atom is 0.490 e. The number of hydrogen-bond donors (Lipinski definition) is 1. The van der Waals surface area contributed by atoms with Crippen LogP contribution in [0.15, 0.2) is 24.3 Å². The van der Waals surface area contributed by atoms with Crippen LogP contribution in [0.3, 0.4) is 0 Å². The van der Waals surface area contributed by atoms with E-state index in [2.05, 4.69) is 9.80 Å². The summed E-state index contributed by atoms with van der Waals surface area (Å²) in [6.07, 6.45) is -0.879. The van der Waals surface area contributed by atoms with Crippen molar-refractivity contribution in [1.29, 1.82) is 0 Å². The van der Waals surface area contributed by atoms with E-state index in [0.29, 0.717) is 5.91 Å². The number of likely N-dealkylation sites (tertiary alicyclic amines) is 2. The number of ether oxygens (including phenoxy) is 1. The molecule has 1 aromatic rings. The highest BCUT2D eigenvalue weighted by molar-refractivity contribution is 5.80. The normalized spacial score (nSPS) is 23.1. The fourth-order valence-corrected chi connectivity index (χ4v) is 4.82. The molecular formula is C22H28F4N2O4. The zero-order chi connectivity index (χ0) is 23.4. The van der Waals surface area contributed by atoms with Crippen LogP contribution in [-0.4, -0.2) is 72.4 Å². The minimum Gasteiger partial charge on any atom is -0.475 e. The number of rotatable bonds is 3. The lowest BCUT2D eigenvalue weighted by Crippen LogP contribution is -2.45. The first-order valence-electron chi connectivity index (χ1n) is 10.7. The highest BCUT2D eigenvalue weighted by Gasteiger charge is 2.51. The number of carboxylic acid groups (broad SMARTS) is 1. The maximum atomic E-state index is 13.2. The molecule has 0 saturated carbocycles. The summed E-state index contributed by atoms with van der Waals surface area (Å²) >= 11 is 0. The predicted molar refractivity (Wildman–Crippen MR) is 107 cm³/mol. The minimum absolute atomic E-state index is 0.0535. The number of carboxylic acids is 1. The van der Waals surface area contributed by atoms with Gasteiger partial charge in [-0.1, -0.05) is 12.1 Å². The number of carbonyl (C=O) groups is 2. The Hall–Kier alpha value is -2.20. The molecule has 3 saturated heterocycles. The van der Waals surface area contributed by atoms with Crippen LogP contribution in [0.1, 0.15) is 31.2 Å². The van der Waals surface area contributed by atoms with Crippen molar-refractivity contribution in [1.82, 2.24) is 9.80 Å². The summed E-state index contributed by atoms with van der Waals surface area (Å²) in [5, 5.41) is 7.12. The molecule has 1 N–H and O–H groups in total. The summed E-state index contributed by atoms with van der Waals surface area (Å²) in [5.41, 5.74) is 1.16. The van der Waals surface area contributed by atoms with E-state index in [-0.39, 0.29) is 17.2 Å². The van der Waals surface area contributed by atoms with Crippen LogP contribution < -0.4 is 0 Å². The minimum atomic E-state index is -5.08.